The van der Waals surface area contributed by atoms with Crippen LogP contribution in [-0.2, 0) is 20.1 Å². The van der Waals surface area contributed by atoms with E-state index in [-0.39, 0.29) is 0 Å². The number of benzene rings is 1. The number of nitrogens with zero attached hydrogens (tertiary/aromatic N) is 3. The number of aliphatic imine (C=N–C) groups is 1. The van der Waals surface area contributed by atoms with Crippen molar-refractivity contribution in [2.24, 2.45) is 12.0 Å². The molecule has 0 aliphatic rings. The predicted molar refractivity (Wildman–Crippen MR) is 95.9 cm³/mol. The topological polar surface area (TPSA) is 67.4 Å². The third-order valence-corrected chi connectivity index (χ3v) is 4.22. The van der Waals surface area contributed by atoms with Crippen molar-refractivity contribution >= 4 is 16.9 Å². The summed E-state index contributed by atoms with van der Waals surface area (Å²) in [4.78, 5) is 4.26. The van der Waals surface area contributed by atoms with Crippen LogP contribution in [0.5, 0.6) is 0 Å². The lowest BCUT2D eigenvalue weighted by molar-refractivity contribution is 0.538. The molecule has 0 unspecified atom stereocenters. The molecule has 126 valence electrons. The minimum Gasteiger partial charge on any atom is -0.459 e. The number of hydrogen-bond donors (Lipinski definition) is 2. The van der Waals surface area contributed by atoms with Crippen LogP contribution in [0.15, 0.2) is 39.7 Å². The van der Waals surface area contributed by atoms with Gasteiger partial charge >= 0.3 is 0 Å². The van der Waals surface area contributed by atoms with Crippen molar-refractivity contribution in [3.63, 3.8) is 0 Å². The molecule has 0 amide bonds. The first kappa shape index (κ1) is 16.1. The molecule has 1 aromatic carbocycles. The Morgan fingerprint density at radius 3 is 2.62 bits per heavy atom. The Morgan fingerprint density at radius 1 is 1.21 bits per heavy atom. The molecule has 0 fully saturated rings. The summed E-state index contributed by atoms with van der Waals surface area (Å²) in [6.07, 6.45) is 0. The molecule has 0 saturated heterocycles. The van der Waals surface area contributed by atoms with Gasteiger partial charge in [-0.3, -0.25) is 9.67 Å². The van der Waals surface area contributed by atoms with E-state index in [0.717, 1.165) is 34.1 Å². The lowest BCUT2D eigenvalue weighted by atomic mass is 10.2. The molecule has 3 rings (SSSR count). The number of nitrogens with one attached hydrogen (secondary N) is 2. The second-order valence-electron chi connectivity index (χ2n) is 5.80. The van der Waals surface area contributed by atoms with Crippen LogP contribution in [0.1, 0.15) is 22.7 Å². The molecular weight excluding hydrogens is 302 g/mol. The maximum Gasteiger partial charge on any atom is 0.191 e. The van der Waals surface area contributed by atoms with E-state index in [1.54, 1.807) is 7.05 Å². The first-order valence-corrected chi connectivity index (χ1v) is 7.99. The molecule has 6 nitrogen and oxygen atoms in total. The smallest absolute Gasteiger partial charge is 0.191 e. The van der Waals surface area contributed by atoms with Crippen molar-refractivity contribution in [2.75, 3.05) is 7.05 Å². The number of hydrogen-bond acceptors (Lipinski definition) is 3. The highest BCUT2D eigenvalue weighted by atomic mass is 16.3. The molecule has 2 N–H and O–H groups in total. The van der Waals surface area contributed by atoms with E-state index in [2.05, 4.69) is 27.6 Å². The summed E-state index contributed by atoms with van der Waals surface area (Å²) in [6, 6.07) is 10.0. The number of para-hydroxylation sites is 1. The molecule has 3 aromatic rings. The van der Waals surface area contributed by atoms with Gasteiger partial charge in [-0.05, 0) is 26.0 Å². The third-order valence-electron chi connectivity index (χ3n) is 4.22. The second kappa shape index (κ2) is 6.78. The Hall–Kier alpha value is -2.76. The molecule has 0 atom stereocenters. The fourth-order valence-corrected chi connectivity index (χ4v) is 2.76. The van der Waals surface area contributed by atoms with Gasteiger partial charge in [-0.2, -0.15) is 5.10 Å². The minimum atomic E-state index is 0.583. The zero-order valence-corrected chi connectivity index (χ0v) is 14.6. The van der Waals surface area contributed by atoms with Crippen LogP contribution >= 0.6 is 0 Å². The molecule has 0 saturated carbocycles. The van der Waals surface area contributed by atoms with Crippen LogP contribution in [-0.4, -0.2) is 22.8 Å². The van der Waals surface area contributed by atoms with Crippen molar-refractivity contribution in [3.8, 4) is 0 Å². The number of fused-ring (bicyclic) bond motifs is 1. The Kier molecular flexibility index (Phi) is 4.55. The summed E-state index contributed by atoms with van der Waals surface area (Å²) in [5.41, 5.74) is 4.30. The largest absolute Gasteiger partial charge is 0.459 e. The van der Waals surface area contributed by atoms with E-state index >= 15 is 0 Å². The quantitative estimate of drug-likeness (QED) is 0.572. The second-order valence-corrected chi connectivity index (χ2v) is 5.80. The van der Waals surface area contributed by atoms with Gasteiger partial charge < -0.3 is 15.1 Å². The van der Waals surface area contributed by atoms with Gasteiger partial charge in [0.05, 0.1) is 12.2 Å². The Balaban J connectivity index is 1.61. The molecular formula is C18H23N5O. The summed E-state index contributed by atoms with van der Waals surface area (Å²) in [6.45, 7) is 5.36. The first-order valence-electron chi connectivity index (χ1n) is 7.99. The van der Waals surface area contributed by atoms with Crippen LogP contribution in [0, 0.1) is 13.8 Å². The maximum atomic E-state index is 5.81. The third kappa shape index (κ3) is 3.27. The highest BCUT2D eigenvalue weighted by molar-refractivity contribution is 5.80. The van der Waals surface area contributed by atoms with E-state index in [0.29, 0.717) is 13.1 Å². The minimum absolute atomic E-state index is 0.583. The molecule has 2 heterocycles. The van der Waals surface area contributed by atoms with Gasteiger partial charge in [-0.25, -0.2) is 0 Å². The van der Waals surface area contributed by atoms with Gasteiger partial charge in [-0.15, -0.1) is 0 Å². The van der Waals surface area contributed by atoms with Crippen LogP contribution in [0.3, 0.4) is 0 Å². The SMILES string of the molecule is CN=C(NCc1cc2ccccc2o1)NCc1c(C)nn(C)c1C. The van der Waals surface area contributed by atoms with Gasteiger partial charge in [0.15, 0.2) is 5.96 Å². The number of guanidine groups is 1. The van der Waals surface area contributed by atoms with Crippen molar-refractivity contribution in [2.45, 2.75) is 26.9 Å². The monoisotopic (exact) mass is 325 g/mol. The molecule has 0 radical (unpaired) electrons. The van der Waals surface area contributed by atoms with E-state index in [1.807, 2.05) is 49.0 Å². The van der Waals surface area contributed by atoms with Crippen LogP contribution in [0.2, 0.25) is 0 Å². The average Bonchev–Trinajstić information content (AvgIpc) is 3.09. The maximum absolute atomic E-state index is 5.81. The van der Waals surface area contributed by atoms with E-state index in [1.165, 1.54) is 5.56 Å². The van der Waals surface area contributed by atoms with Crippen molar-refractivity contribution in [1.29, 1.82) is 0 Å². The molecule has 0 bridgehead atoms. The fraction of sp³-hybridized carbons (Fsp3) is 0.333. The first-order chi connectivity index (χ1) is 11.6. The van der Waals surface area contributed by atoms with E-state index in [4.69, 9.17) is 4.42 Å². The van der Waals surface area contributed by atoms with E-state index < -0.39 is 0 Å². The van der Waals surface area contributed by atoms with Gasteiger partial charge in [0, 0.05) is 37.3 Å². The van der Waals surface area contributed by atoms with Crippen molar-refractivity contribution < 1.29 is 4.42 Å². The number of furan rings is 1. The van der Waals surface area contributed by atoms with Gasteiger partial charge in [0.2, 0.25) is 0 Å². The zero-order chi connectivity index (χ0) is 17.1. The summed E-state index contributed by atoms with van der Waals surface area (Å²) in [5, 5.41) is 12.2. The van der Waals surface area contributed by atoms with Gasteiger partial charge in [-0.1, -0.05) is 18.2 Å². The molecule has 2 aromatic heterocycles. The standard InChI is InChI=1S/C18H23N5O/c1-12-16(13(2)23(4)22-12)11-21-18(19-3)20-10-15-9-14-7-5-6-8-17(14)24-15/h5-9H,10-11H2,1-4H3,(H2,19,20,21). The Bertz CT molecular complexity index is 842. The molecule has 0 aliphatic carbocycles. The normalized spacial score (nSPS) is 11.9. The van der Waals surface area contributed by atoms with E-state index in [9.17, 15) is 0 Å². The number of rotatable bonds is 4. The average molecular weight is 325 g/mol. The molecule has 0 spiro atoms. The molecule has 24 heavy (non-hydrogen) atoms. The Morgan fingerprint density at radius 2 is 1.96 bits per heavy atom. The Labute approximate surface area is 141 Å². The number of aromatic nitrogens is 2. The van der Waals surface area contributed by atoms with Crippen molar-refractivity contribution in [1.82, 2.24) is 20.4 Å². The summed E-state index contributed by atoms with van der Waals surface area (Å²) < 4.78 is 7.71. The lowest BCUT2D eigenvalue weighted by Crippen LogP contribution is -2.36. The zero-order valence-electron chi connectivity index (χ0n) is 14.6. The highest BCUT2D eigenvalue weighted by Crippen LogP contribution is 2.18. The highest BCUT2D eigenvalue weighted by Gasteiger charge is 2.10. The van der Waals surface area contributed by atoms with Crippen LogP contribution in [0.25, 0.3) is 11.0 Å². The molecule has 6 heteroatoms. The number of aryl methyl sites for hydroxylation is 2. The molecule has 0 aliphatic heterocycles. The van der Waals surface area contributed by atoms with Gasteiger partial charge in [0.25, 0.3) is 0 Å². The fourth-order valence-electron chi connectivity index (χ4n) is 2.76. The lowest BCUT2D eigenvalue weighted by Gasteiger charge is -2.11. The van der Waals surface area contributed by atoms with Crippen LogP contribution in [0.4, 0.5) is 0 Å². The van der Waals surface area contributed by atoms with Gasteiger partial charge in [0.1, 0.15) is 11.3 Å². The summed E-state index contributed by atoms with van der Waals surface area (Å²) in [5.74, 6) is 1.62. The van der Waals surface area contributed by atoms with Crippen molar-refractivity contribution in [3.05, 3.63) is 53.0 Å². The predicted octanol–water partition coefficient (Wildman–Crippen LogP) is 2.65. The summed E-state index contributed by atoms with van der Waals surface area (Å²) in [7, 11) is 3.72. The van der Waals surface area contributed by atoms with Crippen LogP contribution < -0.4 is 10.6 Å². The summed E-state index contributed by atoms with van der Waals surface area (Å²) >= 11 is 0.